The summed E-state index contributed by atoms with van der Waals surface area (Å²) < 4.78 is 6.59. The smallest absolute Gasteiger partial charge is 0.357 e. The lowest BCUT2D eigenvalue weighted by Crippen LogP contribution is -2.15. The number of nitrogens with zero attached hydrogens (tertiary/aromatic N) is 3. The molecule has 0 aliphatic carbocycles. The third-order valence-corrected chi connectivity index (χ3v) is 4.88. The molecule has 0 unspecified atom stereocenters. The average Bonchev–Trinajstić information content (AvgIpc) is 3.15. The monoisotopic (exact) mass is 421 g/mol. The van der Waals surface area contributed by atoms with Crippen molar-refractivity contribution in [2.75, 3.05) is 7.11 Å². The number of ether oxygens (including phenoxy) is 1. The molecule has 150 valence electrons. The van der Waals surface area contributed by atoms with Gasteiger partial charge < -0.3 is 14.4 Å². The number of halogens is 1. The average molecular weight is 422 g/mol. The van der Waals surface area contributed by atoms with Gasteiger partial charge in [-0.05, 0) is 35.9 Å². The Kier molecular flexibility index (Phi) is 5.20. The molecule has 2 aromatic heterocycles. The number of hydrogen-bond acceptors (Lipinski definition) is 6. The van der Waals surface area contributed by atoms with Crippen LogP contribution >= 0.6 is 11.6 Å². The molecule has 4 rings (SSSR count). The zero-order valence-corrected chi connectivity index (χ0v) is 16.6. The Labute approximate surface area is 176 Å². The molecule has 7 nitrogen and oxygen atoms in total. The van der Waals surface area contributed by atoms with E-state index in [1.165, 1.54) is 25.3 Å². The van der Waals surface area contributed by atoms with Gasteiger partial charge in [-0.15, -0.1) is 0 Å². The number of ketones is 1. The molecule has 8 heteroatoms. The molecule has 2 heterocycles. The summed E-state index contributed by atoms with van der Waals surface area (Å²) in [7, 11) is 1.22. The maximum atomic E-state index is 13.0. The number of fused-ring (bicyclic) bond motifs is 1. The first kappa shape index (κ1) is 19.6. The first-order valence-electron chi connectivity index (χ1n) is 8.99. The number of benzene rings is 2. The molecule has 0 atom stereocenters. The molecular formula is C22H16ClN3O4. The minimum absolute atomic E-state index is 0.00703. The number of para-hydroxylation sites is 1. The van der Waals surface area contributed by atoms with Crippen molar-refractivity contribution in [3.8, 4) is 5.75 Å². The van der Waals surface area contributed by atoms with Gasteiger partial charge in [-0.2, -0.15) is 0 Å². The van der Waals surface area contributed by atoms with Crippen LogP contribution < -0.4 is 0 Å². The van der Waals surface area contributed by atoms with Crippen molar-refractivity contribution in [2.24, 2.45) is 0 Å². The Hall–Kier alpha value is -3.71. The fourth-order valence-corrected chi connectivity index (χ4v) is 3.25. The summed E-state index contributed by atoms with van der Waals surface area (Å²) in [5.41, 5.74) is 1.76. The first-order chi connectivity index (χ1) is 14.5. The fourth-order valence-electron chi connectivity index (χ4n) is 3.12. The van der Waals surface area contributed by atoms with E-state index in [0.29, 0.717) is 22.7 Å². The summed E-state index contributed by atoms with van der Waals surface area (Å²) in [6.07, 6.45) is 1.58. The van der Waals surface area contributed by atoms with E-state index >= 15 is 0 Å². The van der Waals surface area contributed by atoms with Gasteiger partial charge in [-0.25, -0.2) is 14.8 Å². The molecule has 0 spiro atoms. The van der Waals surface area contributed by atoms with Crippen LogP contribution in [0.1, 0.15) is 32.0 Å². The van der Waals surface area contributed by atoms with Crippen molar-refractivity contribution in [1.82, 2.24) is 14.5 Å². The van der Waals surface area contributed by atoms with E-state index < -0.39 is 11.8 Å². The van der Waals surface area contributed by atoms with Gasteiger partial charge in [0.2, 0.25) is 0 Å². The lowest BCUT2D eigenvalue weighted by Gasteiger charge is -2.09. The molecule has 0 saturated heterocycles. The minimum atomic E-state index is -0.755. The van der Waals surface area contributed by atoms with Crippen LogP contribution in [0.15, 0.2) is 60.9 Å². The summed E-state index contributed by atoms with van der Waals surface area (Å²) in [5.74, 6) is -1.49. The lowest BCUT2D eigenvalue weighted by atomic mass is 10.0. The van der Waals surface area contributed by atoms with Gasteiger partial charge >= 0.3 is 5.97 Å². The molecule has 0 aliphatic rings. The topological polar surface area (TPSA) is 94.3 Å². The highest BCUT2D eigenvalue weighted by atomic mass is 35.5. The number of esters is 1. The number of rotatable bonds is 5. The van der Waals surface area contributed by atoms with E-state index in [1.807, 2.05) is 12.1 Å². The van der Waals surface area contributed by atoms with Crippen LogP contribution in [0.25, 0.3) is 11.2 Å². The number of aromatic hydroxyl groups is 1. The molecule has 30 heavy (non-hydrogen) atoms. The minimum Gasteiger partial charge on any atom is -0.507 e. The number of pyridine rings is 1. The summed E-state index contributed by atoms with van der Waals surface area (Å²) in [6.45, 7) is 0.452. The molecule has 0 fully saturated rings. The van der Waals surface area contributed by atoms with Crippen LogP contribution in [0.3, 0.4) is 0 Å². The van der Waals surface area contributed by atoms with Gasteiger partial charge in [0.05, 0.1) is 31.1 Å². The first-order valence-corrected chi connectivity index (χ1v) is 9.37. The molecule has 0 saturated carbocycles. The third kappa shape index (κ3) is 3.62. The maximum Gasteiger partial charge on any atom is 0.357 e. The molecular weight excluding hydrogens is 406 g/mol. The predicted octanol–water partition coefficient (Wildman–Crippen LogP) is 3.86. The summed E-state index contributed by atoms with van der Waals surface area (Å²) in [6, 6.07) is 14.9. The number of aromatic nitrogens is 3. The van der Waals surface area contributed by atoms with Crippen LogP contribution in [-0.2, 0) is 11.3 Å². The van der Waals surface area contributed by atoms with Crippen molar-refractivity contribution >= 4 is 34.5 Å². The highest BCUT2D eigenvalue weighted by Crippen LogP contribution is 2.24. The number of phenols is 1. The second-order valence-corrected chi connectivity index (χ2v) is 7.00. The second kappa shape index (κ2) is 7.96. The molecule has 0 amide bonds. The van der Waals surface area contributed by atoms with E-state index in [-0.39, 0.29) is 22.6 Å². The number of carbonyl (C=O) groups excluding carboxylic acids is 2. The Balaban J connectivity index is 1.82. The van der Waals surface area contributed by atoms with E-state index in [0.717, 1.165) is 5.56 Å². The van der Waals surface area contributed by atoms with Crippen molar-refractivity contribution in [3.63, 3.8) is 0 Å². The number of carbonyl (C=O) groups is 2. The zero-order chi connectivity index (χ0) is 21.3. The Morgan fingerprint density at radius 1 is 1.10 bits per heavy atom. The highest BCUT2D eigenvalue weighted by Gasteiger charge is 2.25. The SMILES string of the molecule is COC(=O)c1nc2c(cc1C(=O)c1ccccc1O)ncn2Cc1ccc(Cl)cc1. The van der Waals surface area contributed by atoms with Crippen molar-refractivity contribution in [2.45, 2.75) is 6.54 Å². The van der Waals surface area contributed by atoms with Crippen molar-refractivity contribution < 1.29 is 19.4 Å². The summed E-state index contributed by atoms with van der Waals surface area (Å²) in [4.78, 5) is 34.1. The Bertz CT molecular complexity index is 1270. The van der Waals surface area contributed by atoms with Gasteiger partial charge in [-0.3, -0.25) is 4.79 Å². The van der Waals surface area contributed by atoms with E-state index in [1.54, 1.807) is 35.2 Å². The van der Waals surface area contributed by atoms with E-state index in [9.17, 15) is 14.7 Å². The largest absolute Gasteiger partial charge is 0.507 e. The van der Waals surface area contributed by atoms with Crippen molar-refractivity contribution in [1.29, 1.82) is 0 Å². The maximum absolute atomic E-state index is 13.0. The predicted molar refractivity (Wildman–Crippen MR) is 111 cm³/mol. The van der Waals surface area contributed by atoms with Crippen LogP contribution in [0.5, 0.6) is 5.75 Å². The molecule has 1 N–H and O–H groups in total. The zero-order valence-electron chi connectivity index (χ0n) is 15.9. The molecule has 0 aliphatic heterocycles. The normalized spacial score (nSPS) is 10.9. The standard InChI is InChI=1S/C22H16ClN3O4/c1-30-22(29)19-16(20(28)15-4-2-3-5-18(15)27)10-17-21(25-19)26(12-24-17)11-13-6-8-14(23)9-7-13/h2-10,12,27H,11H2,1H3. The quantitative estimate of drug-likeness (QED) is 0.388. The van der Waals surface area contributed by atoms with Crippen molar-refractivity contribution in [3.05, 3.63) is 88.3 Å². The number of methoxy groups -OCH3 is 1. The van der Waals surface area contributed by atoms with Gasteiger partial charge in [-0.1, -0.05) is 35.9 Å². The van der Waals surface area contributed by atoms with Crippen LogP contribution in [0, 0.1) is 0 Å². The lowest BCUT2D eigenvalue weighted by molar-refractivity contribution is 0.0591. The fraction of sp³-hybridized carbons (Fsp3) is 0.0909. The molecule has 2 aromatic carbocycles. The van der Waals surface area contributed by atoms with Crippen LogP contribution in [-0.4, -0.2) is 38.5 Å². The van der Waals surface area contributed by atoms with Gasteiger partial charge in [0.1, 0.15) is 11.3 Å². The van der Waals surface area contributed by atoms with E-state index in [4.69, 9.17) is 16.3 Å². The van der Waals surface area contributed by atoms with Gasteiger partial charge in [0.25, 0.3) is 0 Å². The van der Waals surface area contributed by atoms with Crippen LogP contribution in [0.2, 0.25) is 5.02 Å². The summed E-state index contributed by atoms with van der Waals surface area (Å²) >= 11 is 5.94. The molecule has 4 aromatic rings. The van der Waals surface area contributed by atoms with Crippen LogP contribution in [0.4, 0.5) is 0 Å². The second-order valence-electron chi connectivity index (χ2n) is 6.56. The molecule has 0 bridgehead atoms. The molecule has 0 radical (unpaired) electrons. The third-order valence-electron chi connectivity index (χ3n) is 4.63. The summed E-state index contributed by atoms with van der Waals surface area (Å²) in [5, 5.41) is 10.7. The highest BCUT2D eigenvalue weighted by molar-refractivity contribution is 6.30. The van der Waals surface area contributed by atoms with Gasteiger partial charge in [0, 0.05) is 5.02 Å². The number of imidazole rings is 1. The Morgan fingerprint density at radius 3 is 2.53 bits per heavy atom. The number of hydrogen-bond donors (Lipinski definition) is 1. The van der Waals surface area contributed by atoms with Gasteiger partial charge in [0.15, 0.2) is 17.1 Å². The van der Waals surface area contributed by atoms with E-state index in [2.05, 4.69) is 9.97 Å². The Morgan fingerprint density at radius 2 is 1.83 bits per heavy atom. The number of phenolic OH excluding ortho intramolecular Hbond substituents is 1.